The van der Waals surface area contributed by atoms with Crippen molar-refractivity contribution >= 4 is 6.29 Å². The maximum Gasteiger partial charge on any atom is 0.190 e. The summed E-state index contributed by atoms with van der Waals surface area (Å²) in [6, 6.07) is 2.29. The number of ether oxygens (including phenoxy) is 2. The van der Waals surface area contributed by atoms with E-state index in [-0.39, 0.29) is 18.3 Å². The first-order chi connectivity index (χ1) is 10.0. The second kappa shape index (κ2) is 6.95. The highest BCUT2D eigenvalue weighted by Crippen LogP contribution is 2.23. The molecule has 0 aromatic heterocycles. The van der Waals surface area contributed by atoms with Crippen LogP contribution >= 0.6 is 0 Å². The molecule has 1 aliphatic heterocycles. The number of aldehydes is 1. The van der Waals surface area contributed by atoms with Crippen LogP contribution in [0.25, 0.3) is 0 Å². The molecule has 1 saturated heterocycles. The minimum atomic E-state index is -0.881. The number of benzene rings is 1. The largest absolute Gasteiger partial charge is 0.485 e. The smallest absolute Gasteiger partial charge is 0.190 e. The molecule has 2 rings (SSSR count). The highest BCUT2D eigenvalue weighted by atomic mass is 19.1. The third kappa shape index (κ3) is 3.98. The van der Waals surface area contributed by atoms with Gasteiger partial charge in [0.15, 0.2) is 17.4 Å². The van der Waals surface area contributed by atoms with E-state index in [9.17, 15) is 13.6 Å². The van der Waals surface area contributed by atoms with Gasteiger partial charge in [0.05, 0.1) is 6.61 Å². The molecule has 21 heavy (non-hydrogen) atoms. The SMILES string of the molecule is CC(C)N1CCOC(COc2c(F)cc(C=O)cc2F)C1. The summed E-state index contributed by atoms with van der Waals surface area (Å²) < 4.78 is 38.1. The van der Waals surface area contributed by atoms with E-state index in [1.807, 2.05) is 0 Å². The lowest BCUT2D eigenvalue weighted by Crippen LogP contribution is -2.47. The van der Waals surface area contributed by atoms with Crippen molar-refractivity contribution in [2.75, 3.05) is 26.3 Å². The van der Waals surface area contributed by atoms with Crippen molar-refractivity contribution in [3.05, 3.63) is 29.3 Å². The maximum absolute atomic E-state index is 13.7. The van der Waals surface area contributed by atoms with Gasteiger partial charge in [-0.05, 0) is 26.0 Å². The first-order valence-electron chi connectivity index (χ1n) is 6.94. The quantitative estimate of drug-likeness (QED) is 0.782. The first-order valence-corrected chi connectivity index (χ1v) is 6.94. The van der Waals surface area contributed by atoms with Gasteiger partial charge in [0.2, 0.25) is 0 Å². The standard InChI is InChI=1S/C15H19F2NO3/c1-10(2)18-3-4-20-12(7-18)9-21-15-13(16)5-11(8-19)6-14(15)17/h5-6,8,10,12H,3-4,7,9H2,1-2H3. The lowest BCUT2D eigenvalue weighted by molar-refractivity contribution is -0.0572. The second-order valence-corrected chi connectivity index (χ2v) is 5.32. The molecule has 0 amide bonds. The van der Waals surface area contributed by atoms with Crippen molar-refractivity contribution in [1.82, 2.24) is 4.90 Å². The number of morpholine rings is 1. The van der Waals surface area contributed by atoms with E-state index < -0.39 is 17.4 Å². The van der Waals surface area contributed by atoms with E-state index in [2.05, 4.69) is 18.7 Å². The van der Waals surface area contributed by atoms with Crippen LogP contribution in [0.5, 0.6) is 5.75 Å². The van der Waals surface area contributed by atoms with Crippen LogP contribution in [0.1, 0.15) is 24.2 Å². The van der Waals surface area contributed by atoms with Crippen molar-refractivity contribution in [2.24, 2.45) is 0 Å². The monoisotopic (exact) mass is 299 g/mol. The van der Waals surface area contributed by atoms with Gasteiger partial charge in [-0.15, -0.1) is 0 Å². The molecule has 1 aliphatic rings. The van der Waals surface area contributed by atoms with Crippen LogP contribution in [-0.2, 0) is 4.74 Å². The molecular formula is C15H19F2NO3. The van der Waals surface area contributed by atoms with Crippen LogP contribution in [-0.4, -0.2) is 49.6 Å². The number of carbonyl (C=O) groups is 1. The molecule has 1 aromatic carbocycles. The van der Waals surface area contributed by atoms with E-state index in [1.54, 1.807) is 0 Å². The summed E-state index contributed by atoms with van der Waals surface area (Å²) in [5.74, 6) is -2.23. The van der Waals surface area contributed by atoms with E-state index in [0.29, 0.717) is 25.5 Å². The molecule has 0 bridgehead atoms. The fourth-order valence-electron chi connectivity index (χ4n) is 2.27. The normalized spacial score (nSPS) is 19.8. The second-order valence-electron chi connectivity index (χ2n) is 5.32. The third-order valence-corrected chi connectivity index (χ3v) is 3.47. The van der Waals surface area contributed by atoms with Gasteiger partial charge in [0.1, 0.15) is 19.0 Å². The highest BCUT2D eigenvalue weighted by molar-refractivity contribution is 5.75. The van der Waals surface area contributed by atoms with Crippen molar-refractivity contribution < 1.29 is 23.0 Å². The Morgan fingerprint density at radius 1 is 1.43 bits per heavy atom. The summed E-state index contributed by atoms with van der Waals surface area (Å²) in [6.07, 6.45) is 0.159. The number of rotatable bonds is 5. The molecule has 116 valence electrons. The zero-order valence-electron chi connectivity index (χ0n) is 12.1. The fraction of sp³-hybridized carbons (Fsp3) is 0.533. The molecule has 0 radical (unpaired) electrons. The molecule has 6 heteroatoms. The van der Waals surface area contributed by atoms with E-state index >= 15 is 0 Å². The molecule has 1 unspecified atom stereocenters. The Morgan fingerprint density at radius 3 is 2.67 bits per heavy atom. The average Bonchev–Trinajstić information content (AvgIpc) is 2.46. The van der Waals surface area contributed by atoms with Crippen molar-refractivity contribution in [3.63, 3.8) is 0 Å². The predicted molar refractivity (Wildman–Crippen MR) is 73.7 cm³/mol. The van der Waals surface area contributed by atoms with E-state index in [1.165, 1.54) is 0 Å². The molecule has 0 spiro atoms. The Balaban J connectivity index is 1.98. The van der Waals surface area contributed by atoms with Crippen LogP contribution in [0.15, 0.2) is 12.1 Å². The van der Waals surface area contributed by atoms with Crippen molar-refractivity contribution in [1.29, 1.82) is 0 Å². The molecule has 1 aromatic rings. The Hall–Kier alpha value is -1.53. The van der Waals surface area contributed by atoms with Gasteiger partial charge in [-0.2, -0.15) is 0 Å². The topological polar surface area (TPSA) is 38.8 Å². The molecule has 0 saturated carbocycles. The summed E-state index contributed by atoms with van der Waals surface area (Å²) in [5.41, 5.74) is -0.0581. The Labute approximate surface area is 122 Å². The van der Waals surface area contributed by atoms with Crippen LogP contribution in [0.4, 0.5) is 8.78 Å². The van der Waals surface area contributed by atoms with Crippen LogP contribution in [0, 0.1) is 11.6 Å². The number of carbonyl (C=O) groups excluding carboxylic acids is 1. The molecule has 4 nitrogen and oxygen atoms in total. The Morgan fingerprint density at radius 2 is 2.10 bits per heavy atom. The minimum absolute atomic E-state index is 0.0581. The van der Waals surface area contributed by atoms with Crippen molar-refractivity contribution in [3.8, 4) is 5.75 Å². The number of hydrogen-bond donors (Lipinski definition) is 0. The molecule has 0 N–H and O–H groups in total. The van der Waals surface area contributed by atoms with Gasteiger partial charge in [0, 0.05) is 24.7 Å². The summed E-state index contributed by atoms with van der Waals surface area (Å²) in [4.78, 5) is 12.7. The molecule has 1 atom stereocenters. The van der Waals surface area contributed by atoms with Crippen LogP contribution < -0.4 is 4.74 Å². The van der Waals surface area contributed by atoms with Gasteiger partial charge >= 0.3 is 0 Å². The van der Waals surface area contributed by atoms with E-state index in [4.69, 9.17) is 9.47 Å². The Bertz CT molecular complexity index is 485. The summed E-state index contributed by atoms with van der Waals surface area (Å²) in [5, 5.41) is 0. The first kappa shape index (κ1) is 15.9. The summed E-state index contributed by atoms with van der Waals surface area (Å²) >= 11 is 0. The van der Waals surface area contributed by atoms with Gasteiger partial charge in [-0.1, -0.05) is 0 Å². The van der Waals surface area contributed by atoms with Gasteiger partial charge in [0.25, 0.3) is 0 Å². The van der Waals surface area contributed by atoms with Gasteiger partial charge in [-0.25, -0.2) is 8.78 Å². The maximum atomic E-state index is 13.7. The molecule has 1 heterocycles. The van der Waals surface area contributed by atoms with Crippen molar-refractivity contribution in [2.45, 2.75) is 26.0 Å². The molecule has 0 aliphatic carbocycles. The number of hydrogen-bond acceptors (Lipinski definition) is 4. The summed E-state index contributed by atoms with van der Waals surface area (Å²) in [7, 11) is 0. The van der Waals surface area contributed by atoms with Crippen LogP contribution in [0.2, 0.25) is 0 Å². The lowest BCUT2D eigenvalue weighted by atomic mass is 10.2. The molecular weight excluding hydrogens is 280 g/mol. The zero-order valence-corrected chi connectivity index (χ0v) is 12.1. The highest BCUT2D eigenvalue weighted by Gasteiger charge is 2.23. The van der Waals surface area contributed by atoms with Crippen LogP contribution in [0.3, 0.4) is 0 Å². The zero-order chi connectivity index (χ0) is 15.4. The number of halogens is 2. The van der Waals surface area contributed by atoms with Gasteiger partial charge < -0.3 is 9.47 Å². The predicted octanol–water partition coefficient (Wildman–Crippen LogP) is 2.27. The molecule has 1 fully saturated rings. The number of nitrogens with zero attached hydrogens (tertiary/aromatic N) is 1. The van der Waals surface area contributed by atoms with E-state index in [0.717, 1.165) is 18.7 Å². The van der Waals surface area contributed by atoms with Gasteiger partial charge in [-0.3, -0.25) is 9.69 Å². The minimum Gasteiger partial charge on any atom is -0.485 e. The Kier molecular flexibility index (Phi) is 5.25. The fourth-order valence-corrected chi connectivity index (χ4v) is 2.27. The average molecular weight is 299 g/mol. The lowest BCUT2D eigenvalue weighted by Gasteiger charge is -2.35. The third-order valence-electron chi connectivity index (χ3n) is 3.47. The summed E-state index contributed by atoms with van der Waals surface area (Å²) in [6.45, 7) is 6.30.